The van der Waals surface area contributed by atoms with E-state index in [9.17, 15) is 20.4 Å². The maximum atomic E-state index is 9.85. The number of aromatic hydroxyl groups is 4. The van der Waals surface area contributed by atoms with E-state index in [0.29, 0.717) is 0 Å². The largest absolute Gasteiger partial charge is 0.508 e. The molecule has 0 aromatic heterocycles. The van der Waals surface area contributed by atoms with Gasteiger partial charge in [-0.05, 0) is 83.1 Å². The van der Waals surface area contributed by atoms with Gasteiger partial charge in [0.1, 0.15) is 23.0 Å². The molecular weight excluding hydrogens is 424 g/mol. The van der Waals surface area contributed by atoms with Crippen LogP contribution in [0.2, 0.25) is 0 Å². The quantitative estimate of drug-likeness (QED) is 0.234. The topological polar surface area (TPSA) is 80.9 Å². The van der Waals surface area contributed by atoms with E-state index < -0.39 is 0 Å². The molecule has 0 saturated carbocycles. The highest BCUT2D eigenvalue weighted by Crippen LogP contribution is 2.42. The highest BCUT2D eigenvalue weighted by molar-refractivity contribution is 5.41. The van der Waals surface area contributed by atoms with Gasteiger partial charge in [-0.3, -0.25) is 0 Å². The summed E-state index contributed by atoms with van der Waals surface area (Å²) in [6.45, 7) is 2.18. The summed E-state index contributed by atoms with van der Waals surface area (Å²) >= 11 is 0. The lowest BCUT2D eigenvalue weighted by Crippen LogP contribution is -2.18. The Kier molecular flexibility index (Phi) is 7.07. The van der Waals surface area contributed by atoms with Crippen LogP contribution < -0.4 is 0 Å². The molecule has 0 aliphatic carbocycles. The Morgan fingerprint density at radius 2 is 0.765 bits per heavy atom. The number of phenolic OH excluding ortho intramolecular Hbond substituents is 4. The van der Waals surface area contributed by atoms with Crippen molar-refractivity contribution in [3.8, 4) is 23.0 Å². The lowest BCUT2D eigenvalue weighted by molar-refractivity contribution is 0.398. The Bertz CT molecular complexity index is 1090. The highest BCUT2D eigenvalue weighted by atomic mass is 16.3. The predicted molar refractivity (Wildman–Crippen MR) is 135 cm³/mol. The third-order valence-electron chi connectivity index (χ3n) is 6.63. The van der Waals surface area contributed by atoms with Crippen LogP contribution in [0.25, 0.3) is 0 Å². The molecule has 4 nitrogen and oxygen atoms in total. The third-order valence-corrected chi connectivity index (χ3v) is 6.63. The molecule has 4 rings (SSSR count). The Labute approximate surface area is 200 Å². The molecule has 1 unspecified atom stereocenters. The van der Waals surface area contributed by atoms with Crippen molar-refractivity contribution in [1.29, 1.82) is 0 Å². The van der Waals surface area contributed by atoms with Gasteiger partial charge in [0.15, 0.2) is 0 Å². The van der Waals surface area contributed by atoms with Gasteiger partial charge < -0.3 is 20.4 Å². The van der Waals surface area contributed by atoms with Crippen LogP contribution in [0.1, 0.15) is 53.9 Å². The summed E-state index contributed by atoms with van der Waals surface area (Å²) in [7, 11) is 0. The maximum Gasteiger partial charge on any atom is 0.115 e. The fraction of sp³-hybridized carbons (Fsp3) is 0.200. The number of phenols is 4. The number of hydrogen-bond acceptors (Lipinski definition) is 4. The van der Waals surface area contributed by atoms with Crippen LogP contribution in [-0.4, -0.2) is 20.4 Å². The second-order valence-electron chi connectivity index (χ2n) is 8.80. The van der Waals surface area contributed by atoms with Crippen molar-refractivity contribution >= 4 is 0 Å². The summed E-state index contributed by atoms with van der Waals surface area (Å²) in [6, 6.07) is 29.4. The normalized spacial score (nSPS) is 12.2. The zero-order valence-corrected chi connectivity index (χ0v) is 19.2. The first-order chi connectivity index (χ1) is 16.4. The second kappa shape index (κ2) is 10.3. The first-order valence-electron chi connectivity index (χ1n) is 11.6. The van der Waals surface area contributed by atoms with Crippen molar-refractivity contribution in [3.63, 3.8) is 0 Å². The number of benzene rings is 4. The van der Waals surface area contributed by atoms with Gasteiger partial charge in [-0.15, -0.1) is 0 Å². The Morgan fingerprint density at radius 1 is 0.471 bits per heavy atom. The van der Waals surface area contributed by atoms with Gasteiger partial charge in [0.05, 0.1) is 0 Å². The standard InChI is InChI=1S/C30H30O4/c1-2-20(30(23-7-15-27(33)16-8-23)24-9-17-28(34)18-10-24)19-29(21-3-11-25(31)12-4-21)22-5-13-26(32)14-6-22/h3-18,20,29-34H,2,19H2,1H3. The summed E-state index contributed by atoms with van der Waals surface area (Å²) in [6.07, 6.45) is 1.75. The van der Waals surface area contributed by atoms with Gasteiger partial charge in [0.2, 0.25) is 0 Å². The number of hydrogen-bond donors (Lipinski definition) is 4. The van der Waals surface area contributed by atoms with Crippen molar-refractivity contribution in [1.82, 2.24) is 0 Å². The van der Waals surface area contributed by atoms with Crippen molar-refractivity contribution < 1.29 is 20.4 Å². The van der Waals surface area contributed by atoms with E-state index in [1.165, 1.54) is 0 Å². The first-order valence-corrected chi connectivity index (χ1v) is 11.6. The van der Waals surface area contributed by atoms with Gasteiger partial charge in [0.25, 0.3) is 0 Å². The molecule has 1 atom stereocenters. The molecule has 4 aromatic rings. The molecule has 0 aliphatic heterocycles. The summed E-state index contributed by atoms with van der Waals surface area (Å²) in [5.41, 5.74) is 4.39. The molecule has 0 saturated heterocycles. The van der Waals surface area contributed by atoms with E-state index in [0.717, 1.165) is 35.1 Å². The van der Waals surface area contributed by atoms with Gasteiger partial charge in [-0.1, -0.05) is 61.9 Å². The maximum absolute atomic E-state index is 9.85. The van der Waals surface area contributed by atoms with Crippen LogP contribution in [-0.2, 0) is 0 Å². The van der Waals surface area contributed by atoms with E-state index >= 15 is 0 Å². The molecule has 34 heavy (non-hydrogen) atoms. The van der Waals surface area contributed by atoms with Crippen molar-refractivity contribution in [3.05, 3.63) is 119 Å². The average Bonchev–Trinajstić information content (AvgIpc) is 2.85. The lowest BCUT2D eigenvalue weighted by Gasteiger charge is -2.31. The van der Waals surface area contributed by atoms with E-state index in [2.05, 4.69) is 6.92 Å². The molecule has 0 aliphatic rings. The Morgan fingerprint density at radius 3 is 1.06 bits per heavy atom. The molecule has 0 fully saturated rings. The molecule has 4 aromatic carbocycles. The molecule has 0 heterocycles. The fourth-order valence-corrected chi connectivity index (χ4v) is 4.82. The minimum absolute atomic E-state index is 0.0582. The molecule has 0 bridgehead atoms. The first kappa shape index (κ1) is 23.2. The van der Waals surface area contributed by atoms with Crippen LogP contribution in [0.15, 0.2) is 97.1 Å². The second-order valence-corrected chi connectivity index (χ2v) is 8.80. The Balaban J connectivity index is 1.77. The van der Waals surface area contributed by atoms with E-state index in [4.69, 9.17) is 0 Å². The molecule has 4 heteroatoms. The minimum atomic E-state index is 0.0582. The van der Waals surface area contributed by atoms with Crippen LogP contribution in [0, 0.1) is 5.92 Å². The summed E-state index contributed by atoms with van der Waals surface area (Å²) in [5, 5.41) is 39.4. The zero-order chi connectivity index (χ0) is 24.1. The lowest BCUT2D eigenvalue weighted by atomic mass is 9.73. The monoisotopic (exact) mass is 454 g/mol. The summed E-state index contributed by atoms with van der Waals surface area (Å²) in [4.78, 5) is 0. The predicted octanol–water partition coefficient (Wildman–Crippen LogP) is 6.89. The van der Waals surface area contributed by atoms with E-state index in [-0.39, 0.29) is 40.8 Å². The van der Waals surface area contributed by atoms with E-state index in [1.807, 2.05) is 48.5 Å². The fourth-order valence-electron chi connectivity index (χ4n) is 4.82. The van der Waals surface area contributed by atoms with Crippen molar-refractivity contribution in [2.75, 3.05) is 0 Å². The molecular formula is C30H30O4. The average molecular weight is 455 g/mol. The molecule has 0 radical (unpaired) electrons. The smallest absolute Gasteiger partial charge is 0.115 e. The summed E-state index contributed by atoms with van der Waals surface area (Å²) < 4.78 is 0. The van der Waals surface area contributed by atoms with Crippen LogP contribution in [0.3, 0.4) is 0 Å². The van der Waals surface area contributed by atoms with Crippen molar-refractivity contribution in [2.45, 2.75) is 31.6 Å². The van der Waals surface area contributed by atoms with Crippen LogP contribution in [0.5, 0.6) is 23.0 Å². The SMILES string of the molecule is CCC(CC(c1ccc(O)cc1)c1ccc(O)cc1)C(c1ccc(O)cc1)c1ccc(O)cc1. The highest BCUT2D eigenvalue weighted by Gasteiger charge is 2.28. The Hall–Kier alpha value is -3.92. The van der Waals surface area contributed by atoms with E-state index in [1.54, 1.807) is 48.5 Å². The molecule has 4 N–H and O–H groups in total. The van der Waals surface area contributed by atoms with Crippen LogP contribution >= 0.6 is 0 Å². The summed E-state index contributed by atoms with van der Waals surface area (Å²) in [5.74, 6) is 1.27. The van der Waals surface area contributed by atoms with Gasteiger partial charge in [0, 0.05) is 11.8 Å². The molecule has 174 valence electrons. The van der Waals surface area contributed by atoms with Crippen LogP contribution in [0.4, 0.5) is 0 Å². The zero-order valence-electron chi connectivity index (χ0n) is 19.2. The molecule has 0 amide bonds. The minimum Gasteiger partial charge on any atom is -0.508 e. The van der Waals surface area contributed by atoms with Crippen molar-refractivity contribution in [2.24, 2.45) is 5.92 Å². The third kappa shape index (κ3) is 5.34. The molecule has 0 spiro atoms. The van der Waals surface area contributed by atoms with Gasteiger partial charge in [-0.25, -0.2) is 0 Å². The van der Waals surface area contributed by atoms with Gasteiger partial charge in [-0.2, -0.15) is 0 Å². The van der Waals surface area contributed by atoms with Gasteiger partial charge >= 0.3 is 0 Å². The number of rotatable bonds is 8.